The first-order valence-electron chi connectivity index (χ1n) is 7.80. The molecule has 0 aromatic heterocycles. The van der Waals surface area contributed by atoms with Crippen molar-refractivity contribution in [1.29, 1.82) is 0 Å². The van der Waals surface area contributed by atoms with Crippen LogP contribution in [0.2, 0.25) is 0 Å². The van der Waals surface area contributed by atoms with E-state index in [9.17, 15) is 14.9 Å². The fourth-order valence-electron chi connectivity index (χ4n) is 1.80. The van der Waals surface area contributed by atoms with Crippen LogP contribution in [0.4, 0.5) is 5.69 Å². The van der Waals surface area contributed by atoms with Gasteiger partial charge in [-0.15, -0.1) is 0 Å². The highest BCUT2D eigenvalue weighted by Crippen LogP contribution is 2.27. The van der Waals surface area contributed by atoms with E-state index < -0.39 is 17.0 Å². The van der Waals surface area contributed by atoms with E-state index in [-0.39, 0.29) is 32.1 Å². The number of benzene rings is 1. The lowest BCUT2D eigenvalue weighted by Gasteiger charge is -2.12. The molecule has 0 aliphatic carbocycles. The van der Waals surface area contributed by atoms with Crippen LogP contribution < -0.4 is 9.47 Å². The van der Waals surface area contributed by atoms with E-state index in [2.05, 4.69) is 0 Å². The average molecular weight is 357 g/mol. The average Bonchev–Trinajstić information content (AvgIpc) is 2.60. The second kappa shape index (κ2) is 11.2. The summed E-state index contributed by atoms with van der Waals surface area (Å²) in [6.07, 6.45) is -0.642. The number of non-ortho nitro benzene ring substituents is 1. The van der Waals surface area contributed by atoms with Gasteiger partial charge in [0.1, 0.15) is 18.1 Å². The smallest absolute Gasteiger partial charge is 0.334 e. The Morgan fingerprint density at radius 1 is 1.16 bits per heavy atom. The van der Waals surface area contributed by atoms with Crippen molar-refractivity contribution >= 4 is 11.7 Å². The lowest BCUT2D eigenvalue weighted by atomic mass is 10.3. The number of ether oxygens (including phenoxy) is 5. The van der Waals surface area contributed by atoms with Crippen molar-refractivity contribution in [3.8, 4) is 11.5 Å². The normalized spacial score (nSPS) is 11.6. The SMILES string of the molecule is CCOC(=O)C(C)OCCOCCOc1cc(OC)cc([N+](=O)[O-])c1. The summed E-state index contributed by atoms with van der Waals surface area (Å²) in [6, 6.07) is 4.18. The number of hydrogen-bond donors (Lipinski definition) is 0. The molecular formula is C16H23NO8. The topological polar surface area (TPSA) is 106 Å². The summed E-state index contributed by atoms with van der Waals surface area (Å²) in [4.78, 5) is 21.6. The molecule has 140 valence electrons. The minimum Gasteiger partial charge on any atom is -0.496 e. The van der Waals surface area contributed by atoms with Gasteiger partial charge in [-0.1, -0.05) is 0 Å². The molecule has 1 aromatic carbocycles. The van der Waals surface area contributed by atoms with Crippen LogP contribution in [0.1, 0.15) is 13.8 Å². The summed E-state index contributed by atoms with van der Waals surface area (Å²) in [6.45, 7) is 4.64. The summed E-state index contributed by atoms with van der Waals surface area (Å²) in [5.41, 5.74) is -0.114. The minimum absolute atomic E-state index is 0.114. The molecule has 0 aliphatic rings. The Morgan fingerprint density at radius 2 is 1.84 bits per heavy atom. The molecule has 0 N–H and O–H groups in total. The third-order valence-electron chi connectivity index (χ3n) is 3.02. The number of nitrogens with zero attached hydrogens (tertiary/aromatic N) is 1. The van der Waals surface area contributed by atoms with E-state index in [0.717, 1.165) is 0 Å². The molecule has 0 heterocycles. The largest absolute Gasteiger partial charge is 0.496 e. The molecule has 0 spiro atoms. The van der Waals surface area contributed by atoms with Gasteiger partial charge in [-0.2, -0.15) is 0 Å². The quantitative estimate of drug-likeness (QED) is 0.242. The van der Waals surface area contributed by atoms with Crippen molar-refractivity contribution in [3.05, 3.63) is 28.3 Å². The van der Waals surface area contributed by atoms with E-state index in [1.165, 1.54) is 19.2 Å². The summed E-state index contributed by atoms with van der Waals surface area (Å²) >= 11 is 0. The van der Waals surface area contributed by atoms with Crippen LogP contribution in [-0.2, 0) is 19.0 Å². The number of carbonyl (C=O) groups excluding carboxylic acids is 1. The molecule has 25 heavy (non-hydrogen) atoms. The second-order valence-electron chi connectivity index (χ2n) is 4.85. The maximum absolute atomic E-state index is 11.3. The summed E-state index contributed by atoms with van der Waals surface area (Å²) < 4.78 is 25.8. The first kappa shape index (κ1) is 20.7. The van der Waals surface area contributed by atoms with Crippen molar-refractivity contribution in [2.75, 3.05) is 40.1 Å². The number of nitro benzene ring substituents is 1. The highest BCUT2D eigenvalue weighted by atomic mass is 16.6. The van der Waals surface area contributed by atoms with Crippen LogP contribution in [0.5, 0.6) is 11.5 Å². The van der Waals surface area contributed by atoms with Crippen LogP contribution in [0.15, 0.2) is 18.2 Å². The highest BCUT2D eigenvalue weighted by molar-refractivity contribution is 5.74. The number of methoxy groups -OCH3 is 1. The van der Waals surface area contributed by atoms with Crippen molar-refractivity contribution in [2.45, 2.75) is 20.0 Å². The first-order valence-corrected chi connectivity index (χ1v) is 7.80. The third-order valence-corrected chi connectivity index (χ3v) is 3.02. The number of hydrogen-bond acceptors (Lipinski definition) is 8. The minimum atomic E-state index is -0.642. The van der Waals surface area contributed by atoms with Crippen LogP contribution in [0, 0.1) is 10.1 Å². The van der Waals surface area contributed by atoms with E-state index in [4.69, 9.17) is 23.7 Å². The van der Waals surface area contributed by atoms with Crippen molar-refractivity contribution in [3.63, 3.8) is 0 Å². The number of nitro groups is 1. The molecule has 0 fully saturated rings. The second-order valence-corrected chi connectivity index (χ2v) is 4.85. The Labute approximate surface area is 145 Å². The Kier molecular flexibility index (Phi) is 9.26. The van der Waals surface area contributed by atoms with Gasteiger partial charge in [0.25, 0.3) is 5.69 Å². The summed E-state index contributed by atoms with van der Waals surface area (Å²) in [5, 5.41) is 10.8. The molecule has 1 unspecified atom stereocenters. The molecule has 0 bridgehead atoms. The number of rotatable bonds is 12. The highest BCUT2D eigenvalue weighted by Gasteiger charge is 2.14. The van der Waals surface area contributed by atoms with Gasteiger partial charge in [-0.05, 0) is 13.8 Å². The molecule has 0 saturated carbocycles. The Balaban J connectivity index is 2.24. The zero-order valence-corrected chi connectivity index (χ0v) is 14.6. The van der Waals surface area contributed by atoms with E-state index >= 15 is 0 Å². The van der Waals surface area contributed by atoms with Gasteiger partial charge in [-0.3, -0.25) is 10.1 Å². The van der Waals surface area contributed by atoms with Crippen molar-refractivity contribution in [1.82, 2.24) is 0 Å². The molecular weight excluding hydrogens is 334 g/mol. The van der Waals surface area contributed by atoms with Crippen LogP contribution in [0.3, 0.4) is 0 Å². The Bertz CT molecular complexity index is 563. The summed E-state index contributed by atoms with van der Waals surface area (Å²) in [5.74, 6) is 0.249. The predicted molar refractivity (Wildman–Crippen MR) is 88.0 cm³/mol. The molecule has 0 radical (unpaired) electrons. The first-order chi connectivity index (χ1) is 12.0. The Hall–Kier alpha value is -2.39. The van der Waals surface area contributed by atoms with Gasteiger partial charge < -0.3 is 23.7 Å². The monoisotopic (exact) mass is 357 g/mol. The number of esters is 1. The Morgan fingerprint density at radius 3 is 2.48 bits per heavy atom. The van der Waals surface area contributed by atoms with Crippen LogP contribution in [-0.4, -0.2) is 57.1 Å². The van der Waals surface area contributed by atoms with Gasteiger partial charge in [0.05, 0.1) is 50.6 Å². The van der Waals surface area contributed by atoms with Crippen LogP contribution >= 0.6 is 0 Å². The summed E-state index contributed by atoms with van der Waals surface area (Å²) in [7, 11) is 1.42. The molecule has 9 heteroatoms. The van der Waals surface area contributed by atoms with Gasteiger partial charge >= 0.3 is 5.97 Å². The maximum Gasteiger partial charge on any atom is 0.334 e. The van der Waals surface area contributed by atoms with Gasteiger partial charge in [0, 0.05) is 6.07 Å². The lowest BCUT2D eigenvalue weighted by Crippen LogP contribution is -2.25. The van der Waals surface area contributed by atoms with Crippen molar-refractivity contribution < 1.29 is 33.4 Å². The standard InChI is InChI=1S/C16H23NO8/c1-4-23-16(18)12(2)24-7-5-22-6-8-25-15-10-13(17(19)20)9-14(11-15)21-3/h9-12H,4-8H2,1-3H3. The van der Waals surface area contributed by atoms with Crippen molar-refractivity contribution in [2.24, 2.45) is 0 Å². The van der Waals surface area contributed by atoms with Crippen LogP contribution in [0.25, 0.3) is 0 Å². The van der Waals surface area contributed by atoms with Gasteiger partial charge in [-0.25, -0.2) is 4.79 Å². The third kappa shape index (κ3) is 7.81. The molecule has 0 saturated heterocycles. The fourth-order valence-corrected chi connectivity index (χ4v) is 1.80. The zero-order valence-electron chi connectivity index (χ0n) is 14.6. The molecule has 1 rings (SSSR count). The molecule has 0 amide bonds. The van der Waals surface area contributed by atoms with E-state index in [1.807, 2.05) is 0 Å². The molecule has 1 aromatic rings. The van der Waals surface area contributed by atoms with E-state index in [1.54, 1.807) is 19.9 Å². The zero-order chi connectivity index (χ0) is 18.7. The molecule has 0 aliphatic heterocycles. The van der Waals surface area contributed by atoms with E-state index in [0.29, 0.717) is 18.1 Å². The van der Waals surface area contributed by atoms with Gasteiger partial charge in [0.15, 0.2) is 6.10 Å². The molecule has 1 atom stereocenters. The number of carbonyl (C=O) groups is 1. The molecule has 9 nitrogen and oxygen atoms in total. The lowest BCUT2D eigenvalue weighted by molar-refractivity contribution is -0.385. The predicted octanol–water partition coefficient (Wildman–Crippen LogP) is 1.97. The fraction of sp³-hybridized carbons (Fsp3) is 0.562. The maximum atomic E-state index is 11.3. The van der Waals surface area contributed by atoms with Gasteiger partial charge in [0.2, 0.25) is 0 Å².